The molecule has 1 aromatic rings. The molecule has 0 spiro atoms. The molecule has 0 saturated heterocycles. The summed E-state index contributed by atoms with van der Waals surface area (Å²) in [5.41, 5.74) is 0.830. The highest BCUT2D eigenvalue weighted by molar-refractivity contribution is 5.18. The van der Waals surface area contributed by atoms with Crippen LogP contribution in [0.1, 0.15) is 19.4 Å². The van der Waals surface area contributed by atoms with Crippen molar-refractivity contribution < 1.29 is 14.2 Å². The van der Waals surface area contributed by atoms with Crippen molar-refractivity contribution in [3.05, 3.63) is 42.0 Å². The van der Waals surface area contributed by atoms with E-state index in [0.717, 1.165) is 11.7 Å². The van der Waals surface area contributed by atoms with E-state index in [-0.39, 0.29) is 0 Å². The third kappa shape index (κ3) is 2.78. The molecule has 15 heavy (non-hydrogen) atoms. The summed E-state index contributed by atoms with van der Waals surface area (Å²) in [6, 6.07) is 9.56. The molecule has 0 bridgehead atoms. The molecule has 0 fully saturated rings. The molecule has 0 aliphatic carbocycles. The van der Waals surface area contributed by atoms with Crippen LogP contribution in [-0.4, -0.2) is 14.2 Å². The van der Waals surface area contributed by atoms with Crippen LogP contribution < -0.4 is 0 Å². The van der Waals surface area contributed by atoms with Gasteiger partial charge in [-0.2, -0.15) is 0 Å². The zero-order chi connectivity index (χ0) is 11.3. The second-order valence-corrected chi connectivity index (χ2v) is 3.34. The zero-order valence-corrected chi connectivity index (χ0v) is 9.61. The van der Waals surface area contributed by atoms with Crippen molar-refractivity contribution in [1.29, 1.82) is 0 Å². The van der Waals surface area contributed by atoms with E-state index in [9.17, 15) is 0 Å². The maximum Gasteiger partial charge on any atom is 0.312 e. The van der Waals surface area contributed by atoms with Gasteiger partial charge < -0.3 is 14.2 Å². The Morgan fingerprint density at radius 1 is 1.00 bits per heavy atom. The molecule has 3 heteroatoms. The van der Waals surface area contributed by atoms with Crippen molar-refractivity contribution in [3.63, 3.8) is 0 Å². The van der Waals surface area contributed by atoms with Gasteiger partial charge in [0, 0.05) is 19.8 Å². The Bertz CT molecular complexity index is 278. The standard InChI is InChI=1S/C12H17O3/c1-10(2)15-12(13-3,14-4)11-8-6-5-7-9-11/h5-9H,1-4H3. The lowest BCUT2D eigenvalue weighted by Gasteiger charge is -2.31. The van der Waals surface area contributed by atoms with Crippen molar-refractivity contribution >= 4 is 0 Å². The van der Waals surface area contributed by atoms with E-state index >= 15 is 0 Å². The van der Waals surface area contributed by atoms with E-state index in [4.69, 9.17) is 14.2 Å². The van der Waals surface area contributed by atoms with E-state index < -0.39 is 5.97 Å². The van der Waals surface area contributed by atoms with Crippen molar-refractivity contribution in [2.75, 3.05) is 14.2 Å². The molecule has 0 aromatic heterocycles. The summed E-state index contributed by atoms with van der Waals surface area (Å²) in [5, 5.41) is 0. The van der Waals surface area contributed by atoms with Gasteiger partial charge >= 0.3 is 5.97 Å². The van der Waals surface area contributed by atoms with Crippen LogP contribution in [0.2, 0.25) is 0 Å². The lowest BCUT2D eigenvalue weighted by atomic mass is 10.2. The van der Waals surface area contributed by atoms with Crippen LogP contribution in [0, 0.1) is 6.10 Å². The molecule has 1 aromatic carbocycles. The van der Waals surface area contributed by atoms with Crippen LogP contribution in [0.5, 0.6) is 0 Å². The van der Waals surface area contributed by atoms with Crippen LogP contribution in [0.25, 0.3) is 0 Å². The SMILES string of the molecule is COC(OC)(O[C](C)C)c1ccccc1. The topological polar surface area (TPSA) is 27.7 Å². The van der Waals surface area contributed by atoms with E-state index in [2.05, 4.69) is 0 Å². The third-order valence-electron chi connectivity index (χ3n) is 2.00. The summed E-state index contributed by atoms with van der Waals surface area (Å²) in [4.78, 5) is 0. The quantitative estimate of drug-likeness (QED) is 0.698. The predicted octanol–water partition coefficient (Wildman–Crippen LogP) is 2.68. The molecule has 0 saturated carbocycles. The highest BCUT2D eigenvalue weighted by atomic mass is 16.9. The Hall–Kier alpha value is -0.900. The van der Waals surface area contributed by atoms with Crippen LogP contribution in [0.15, 0.2) is 30.3 Å². The normalized spacial score (nSPS) is 12.1. The molecule has 0 N–H and O–H groups in total. The first-order valence-corrected chi connectivity index (χ1v) is 4.79. The maximum atomic E-state index is 5.59. The fraction of sp³-hybridized carbons (Fsp3) is 0.417. The summed E-state index contributed by atoms with van der Waals surface area (Å²) in [7, 11) is 3.11. The first-order valence-electron chi connectivity index (χ1n) is 4.79. The highest BCUT2D eigenvalue weighted by Gasteiger charge is 2.34. The average molecular weight is 209 g/mol. The zero-order valence-electron chi connectivity index (χ0n) is 9.61. The number of ether oxygens (including phenoxy) is 3. The summed E-state index contributed by atoms with van der Waals surface area (Å²) < 4.78 is 16.2. The minimum atomic E-state index is -1.14. The Labute approximate surface area is 91.0 Å². The highest BCUT2D eigenvalue weighted by Crippen LogP contribution is 2.30. The second-order valence-electron chi connectivity index (χ2n) is 3.34. The Morgan fingerprint density at radius 2 is 1.53 bits per heavy atom. The van der Waals surface area contributed by atoms with Crippen molar-refractivity contribution in [2.24, 2.45) is 0 Å². The molecule has 1 rings (SSSR count). The Kier molecular flexibility index (Phi) is 4.27. The summed E-state index contributed by atoms with van der Waals surface area (Å²) in [6.45, 7) is 3.71. The molecule has 1 radical (unpaired) electrons. The fourth-order valence-electron chi connectivity index (χ4n) is 1.37. The summed E-state index contributed by atoms with van der Waals surface area (Å²) in [6.07, 6.45) is 0.780. The molecular weight excluding hydrogens is 192 g/mol. The first-order chi connectivity index (χ1) is 7.14. The van der Waals surface area contributed by atoms with Gasteiger partial charge in [-0.15, -0.1) is 0 Å². The summed E-state index contributed by atoms with van der Waals surface area (Å²) in [5.74, 6) is -1.14. The fourth-order valence-corrected chi connectivity index (χ4v) is 1.37. The van der Waals surface area contributed by atoms with Gasteiger partial charge in [0.2, 0.25) is 0 Å². The van der Waals surface area contributed by atoms with Crippen molar-refractivity contribution in [3.8, 4) is 0 Å². The lowest BCUT2D eigenvalue weighted by Crippen LogP contribution is -2.34. The van der Waals surface area contributed by atoms with E-state index in [1.165, 1.54) is 0 Å². The van der Waals surface area contributed by atoms with E-state index in [1.807, 2.05) is 44.2 Å². The van der Waals surface area contributed by atoms with Gasteiger partial charge in [-0.25, -0.2) is 0 Å². The predicted molar refractivity (Wildman–Crippen MR) is 57.8 cm³/mol. The van der Waals surface area contributed by atoms with Gasteiger partial charge in [0.1, 0.15) is 0 Å². The van der Waals surface area contributed by atoms with Crippen LogP contribution in [-0.2, 0) is 20.2 Å². The van der Waals surface area contributed by atoms with E-state index in [0.29, 0.717) is 0 Å². The molecule has 0 amide bonds. The Morgan fingerprint density at radius 3 is 1.93 bits per heavy atom. The largest absolute Gasteiger partial charge is 0.327 e. The van der Waals surface area contributed by atoms with Crippen molar-refractivity contribution in [1.82, 2.24) is 0 Å². The van der Waals surface area contributed by atoms with E-state index in [1.54, 1.807) is 14.2 Å². The van der Waals surface area contributed by atoms with Crippen LogP contribution in [0.4, 0.5) is 0 Å². The van der Waals surface area contributed by atoms with Gasteiger partial charge in [0.05, 0.1) is 6.10 Å². The average Bonchev–Trinajstić information content (AvgIpc) is 2.27. The lowest BCUT2D eigenvalue weighted by molar-refractivity contribution is -0.369. The summed E-state index contributed by atoms with van der Waals surface area (Å²) >= 11 is 0. The molecule has 0 aliphatic heterocycles. The third-order valence-corrected chi connectivity index (χ3v) is 2.00. The molecule has 83 valence electrons. The minimum Gasteiger partial charge on any atom is -0.327 e. The smallest absolute Gasteiger partial charge is 0.312 e. The number of hydrogen-bond acceptors (Lipinski definition) is 3. The number of methoxy groups -OCH3 is 2. The first kappa shape index (κ1) is 12.2. The van der Waals surface area contributed by atoms with Gasteiger partial charge in [0.15, 0.2) is 0 Å². The van der Waals surface area contributed by atoms with Gasteiger partial charge in [0.25, 0.3) is 0 Å². The second kappa shape index (κ2) is 5.26. The molecular formula is C12H17O3. The molecule has 0 atom stereocenters. The number of rotatable bonds is 5. The molecule has 3 nitrogen and oxygen atoms in total. The minimum absolute atomic E-state index is 0.780. The maximum absolute atomic E-state index is 5.59. The Balaban J connectivity index is 3.00. The molecule has 0 unspecified atom stereocenters. The molecule has 0 aliphatic rings. The number of benzene rings is 1. The van der Waals surface area contributed by atoms with Gasteiger partial charge in [-0.1, -0.05) is 30.3 Å². The molecule has 0 heterocycles. The monoisotopic (exact) mass is 209 g/mol. The van der Waals surface area contributed by atoms with Crippen molar-refractivity contribution in [2.45, 2.75) is 19.8 Å². The van der Waals surface area contributed by atoms with Gasteiger partial charge in [-0.05, 0) is 13.8 Å². The van der Waals surface area contributed by atoms with Gasteiger partial charge in [-0.3, -0.25) is 0 Å². The van der Waals surface area contributed by atoms with Crippen LogP contribution >= 0.6 is 0 Å². The van der Waals surface area contributed by atoms with Crippen LogP contribution in [0.3, 0.4) is 0 Å². The number of hydrogen-bond donors (Lipinski definition) is 0.